The van der Waals surface area contributed by atoms with E-state index in [0.717, 1.165) is 16.9 Å². The van der Waals surface area contributed by atoms with E-state index in [-0.39, 0.29) is 11.5 Å². The van der Waals surface area contributed by atoms with Crippen LogP contribution in [0.3, 0.4) is 0 Å². The molecule has 4 rings (SSSR count). The molecule has 9 heteroatoms. The second-order valence-corrected chi connectivity index (χ2v) is 7.08. The number of rotatable bonds is 7. The molecule has 0 saturated carbocycles. The molecule has 0 aliphatic heterocycles. The minimum atomic E-state index is 0.00993. The van der Waals surface area contributed by atoms with E-state index < -0.39 is 0 Å². The lowest BCUT2D eigenvalue weighted by molar-refractivity contribution is 0.102. The highest BCUT2D eigenvalue weighted by molar-refractivity contribution is 7.99. The number of ketones is 1. The second kappa shape index (κ2) is 7.81. The molecule has 0 saturated heterocycles. The zero-order chi connectivity index (χ0) is 19.5. The number of hydrogen-bond acceptors (Lipinski definition) is 7. The van der Waals surface area contributed by atoms with Crippen molar-refractivity contribution in [3.05, 3.63) is 59.9 Å². The van der Waals surface area contributed by atoms with Crippen LogP contribution in [-0.2, 0) is 13.6 Å². The fourth-order valence-corrected chi connectivity index (χ4v) is 3.61. The van der Waals surface area contributed by atoms with Gasteiger partial charge in [-0.05, 0) is 24.3 Å². The minimum absolute atomic E-state index is 0.00993. The number of aromatic nitrogens is 6. The third-order valence-electron chi connectivity index (χ3n) is 4.36. The summed E-state index contributed by atoms with van der Waals surface area (Å²) in [7, 11) is 3.46. The van der Waals surface area contributed by atoms with Crippen LogP contribution in [0.4, 0.5) is 0 Å². The van der Waals surface area contributed by atoms with Crippen molar-refractivity contribution < 1.29 is 9.53 Å². The van der Waals surface area contributed by atoms with Gasteiger partial charge in [0, 0.05) is 12.6 Å². The highest BCUT2D eigenvalue weighted by Gasteiger charge is 2.14. The summed E-state index contributed by atoms with van der Waals surface area (Å²) in [6.07, 6.45) is 0. The van der Waals surface area contributed by atoms with E-state index in [2.05, 4.69) is 20.5 Å². The maximum absolute atomic E-state index is 12.5. The van der Waals surface area contributed by atoms with Gasteiger partial charge in [0.15, 0.2) is 16.8 Å². The molecule has 0 N–H and O–H groups in total. The molecule has 0 radical (unpaired) electrons. The van der Waals surface area contributed by atoms with Gasteiger partial charge in [0.05, 0.1) is 18.4 Å². The molecular formula is C19H18N6O2S. The molecule has 0 amide bonds. The molecule has 2 aromatic carbocycles. The first-order chi connectivity index (χ1) is 13.7. The zero-order valence-corrected chi connectivity index (χ0v) is 16.3. The monoisotopic (exact) mass is 394 g/mol. The van der Waals surface area contributed by atoms with E-state index in [1.165, 1.54) is 11.8 Å². The molecule has 0 atom stereocenters. The Morgan fingerprint density at radius 2 is 1.96 bits per heavy atom. The van der Waals surface area contributed by atoms with Crippen LogP contribution in [0.15, 0.2) is 53.7 Å². The molecule has 28 heavy (non-hydrogen) atoms. The van der Waals surface area contributed by atoms with Crippen LogP contribution in [-0.4, -0.2) is 48.4 Å². The highest BCUT2D eigenvalue weighted by Crippen LogP contribution is 2.20. The zero-order valence-electron chi connectivity index (χ0n) is 15.4. The quantitative estimate of drug-likeness (QED) is 0.352. The van der Waals surface area contributed by atoms with Crippen LogP contribution in [0.1, 0.15) is 16.2 Å². The summed E-state index contributed by atoms with van der Waals surface area (Å²) in [5.74, 6) is 1.69. The number of benzene rings is 2. The Labute approximate surface area is 165 Å². The standard InChI is InChI=1S/C19H18N6O2S/c1-24-18(11-25-16-9-4-3-8-15(16)20-23-25)21-22-19(24)28-12-17(26)13-6-5-7-14(10-13)27-2/h3-10H,11-12H2,1-2H3. The van der Waals surface area contributed by atoms with Crippen molar-refractivity contribution in [3.63, 3.8) is 0 Å². The van der Waals surface area contributed by atoms with Crippen molar-refractivity contribution in [2.24, 2.45) is 7.05 Å². The molecule has 8 nitrogen and oxygen atoms in total. The summed E-state index contributed by atoms with van der Waals surface area (Å²) in [4.78, 5) is 12.5. The Balaban J connectivity index is 1.45. The summed E-state index contributed by atoms with van der Waals surface area (Å²) in [6, 6.07) is 14.9. The molecule has 142 valence electrons. The van der Waals surface area contributed by atoms with Gasteiger partial charge in [-0.2, -0.15) is 0 Å². The number of thioether (sulfide) groups is 1. The number of nitrogens with zero attached hydrogens (tertiary/aromatic N) is 6. The summed E-state index contributed by atoms with van der Waals surface area (Å²) >= 11 is 1.35. The van der Waals surface area contributed by atoms with E-state index in [1.807, 2.05) is 41.9 Å². The number of Topliss-reactive ketones (excluding diaryl/α,β-unsaturated/α-hetero) is 1. The van der Waals surface area contributed by atoms with E-state index in [4.69, 9.17) is 4.74 Å². The fourth-order valence-electron chi connectivity index (χ4n) is 2.79. The summed E-state index contributed by atoms with van der Waals surface area (Å²) in [5, 5.41) is 17.5. The molecule has 0 spiro atoms. The minimum Gasteiger partial charge on any atom is -0.497 e. The Bertz CT molecular complexity index is 1140. The van der Waals surface area contributed by atoms with Gasteiger partial charge in [-0.3, -0.25) is 4.79 Å². The number of methoxy groups -OCH3 is 1. The molecule has 2 heterocycles. The van der Waals surface area contributed by atoms with Crippen LogP contribution >= 0.6 is 11.8 Å². The summed E-state index contributed by atoms with van der Waals surface area (Å²) in [6.45, 7) is 0.453. The first kappa shape index (κ1) is 18.2. The maximum atomic E-state index is 12.5. The summed E-state index contributed by atoms with van der Waals surface area (Å²) in [5.41, 5.74) is 2.39. The lowest BCUT2D eigenvalue weighted by atomic mass is 10.1. The van der Waals surface area contributed by atoms with Crippen molar-refractivity contribution >= 4 is 28.6 Å². The van der Waals surface area contributed by atoms with E-state index in [0.29, 0.717) is 23.0 Å². The molecule has 0 aliphatic carbocycles. The average molecular weight is 394 g/mol. The first-order valence-electron chi connectivity index (χ1n) is 8.62. The number of ether oxygens (including phenoxy) is 1. The number of hydrogen-bond donors (Lipinski definition) is 0. The van der Waals surface area contributed by atoms with Gasteiger partial charge in [0.1, 0.15) is 17.8 Å². The lowest BCUT2D eigenvalue weighted by Crippen LogP contribution is -2.08. The normalized spacial score (nSPS) is 11.1. The van der Waals surface area contributed by atoms with E-state index in [1.54, 1.807) is 30.0 Å². The topological polar surface area (TPSA) is 87.7 Å². The summed E-state index contributed by atoms with van der Waals surface area (Å²) < 4.78 is 8.83. The van der Waals surface area contributed by atoms with Crippen LogP contribution in [0.25, 0.3) is 11.0 Å². The van der Waals surface area contributed by atoms with Crippen molar-refractivity contribution in [2.45, 2.75) is 11.7 Å². The molecule has 4 aromatic rings. The molecule has 0 aliphatic rings. The van der Waals surface area contributed by atoms with Crippen molar-refractivity contribution in [1.29, 1.82) is 0 Å². The number of carbonyl (C=O) groups excluding carboxylic acids is 1. The molecule has 0 fully saturated rings. The number of fused-ring (bicyclic) bond motifs is 1. The van der Waals surface area contributed by atoms with Crippen LogP contribution in [0.5, 0.6) is 5.75 Å². The molecule has 0 unspecified atom stereocenters. The maximum Gasteiger partial charge on any atom is 0.191 e. The van der Waals surface area contributed by atoms with Crippen molar-refractivity contribution in [1.82, 2.24) is 29.8 Å². The van der Waals surface area contributed by atoms with Gasteiger partial charge < -0.3 is 9.30 Å². The molecule has 2 aromatic heterocycles. The van der Waals surface area contributed by atoms with E-state index >= 15 is 0 Å². The molecular weight excluding hydrogens is 376 g/mol. The third kappa shape index (κ3) is 3.61. The third-order valence-corrected chi connectivity index (χ3v) is 5.38. The lowest BCUT2D eigenvalue weighted by Gasteiger charge is -2.05. The SMILES string of the molecule is COc1cccc(C(=O)CSc2nnc(Cn3nnc4ccccc43)n2C)c1. The Morgan fingerprint density at radius 1 is 1.11 bits per heavy atom. The fraction of sp³-hybridized carbons (Fsp3) is 0.211. The van der Waals surface area contributed by atoms with Crippen molar-refractivity contribution in [3.8, 4) is 5.75 Å². The van der Waals surface area contributed by atoms with Crippen LogP contribution in [0, 0.1) is 0 Å². The predicted molar refractivity (Wildman–Crippen MR) is 106 cm³/mol. The van der Waals surface area contributed by atoms with Crippen molar-refractivity contribution in [2.75, 3.05) is 12.9 Å². The molecule has 0 bridgehead atoms. The predicted octanol–water partition coefficient (Wildman–Crippen LogP) is 2.59. The first-order valence-corrected chi connectivity index (χ1v) is 9.61. The number of para-hydroxylation sites is 1. The van der Waals surface area contributed by atoms with Gasteiger partial charge in [-0.25, -0.2) is 4.68 Å². The van der Waals surface area contributed by atoms with Gasteiger partial charge in [-0.1, -0.05) is 41.2 Å². The Morgan fingerprint density at radius 3 is 2.82 bits per heavy atom. The van der Waals surface area contributed by atoms with Gasteiger partial charge >= 0.3 is 0 Å². The Hall–Kier alpha value is -3.20. The largest absolute Gasteiger partial charge is 0.497 e. The van der Waals surface area contributed by atoms with Gasteiger partial charge in [-0.15, -0.1) is 15.3 Å². The highest BCUT2D eigenvalue weighted by atomic mass is 32.2. The Kier molecular flexibility index (Phi) is 5.07. The van der Waals surface area contributed by atoms with Crippen LogP contribution in [0.2, 0.25) is 0 Å². The second-order valence-electron chi connectivity index (χ2n) is 6.14. The smallest absolute Gasteiger partial charge is 0.191 e. The van der Waals surface area contributed by atoms with E-state index in [9.17, 15) is 4.79 Å². The van der Waals surface area contributed by atoms with Gasteiger partial charge in [0.25, 0.3) is 0 Å². The van der Waals surface area contributed by atoms with Crippen LogP contribution < -0.4 is 4.74 Å². The number of carbonyl (C=O) groups is 1. The average Bonchev–Trinajstić information content (AvgIpc) is 3.30. The van der Waals surface area contributed by atoms with Gasteiger partial charge in [0.2, 0.25) is 0 Å².